The number of esters is 1. The molecule has 0 amide bonds. The molecule has 0 radical (unpaired) electrons. The quantitative estimate of drug-likeness (QED) is 0.409. The molecule has 1 unspecified atom stereocenters. The number of nitrogens with one attached hydrogen (secondary N) is 1. The summed E-state index contributed by atoms with van der Waals surface area (Å²) in [7, 11) is 0. The Labute approximate surface area is 144 Å². The summed E-state index contributed by atoms with van der Waals surface area (Å²) in [6, 6.07) is 0. The normalized spacial score (nSPS) is 36.8. The molecule has 0 saturated carbocycles. The van der Waals surface area contributed by atoms with Crippen molar-refractivity contribution in [3.05, 3.63) is 35.5 Å². The van der Waals surface area contributed by atoms with Crippen LogP contribution < -0.4 is 0 Å². The van der Waals surface area contributed by atoms with E-state index >= 15 is 0 Å². The third-order valence-electron chi connectivity index (χ3n) is 5.38. The van der Waals surface area contributed by atoms with Gasteiger partial charge in [0, 0.05) is 23.5 Å². The van der Waals surface area contributed by atoms with Crippen LogP contribution in [-0.4, -0.2) is 24.1 Å². The molecule has 24 heavy (non-hydrogen) atoms. The fraction of sp³-hybridized carbons (Fsp3) is 0.600. The van der Waals surface area contributed by atoms with Crippen molar-refractivity contribution in [1.82, 2.24) is 0 Å². The van der Waals surface area contributed by atoms with Crippen molar-refractivity contribution in [1.29, 1.82) is 5.41 Å². The Kier molecular flexibility index (Phi) is 4.93. The van der Waals surface area contributed by atoms with Crippen molar-refractivity contribution >= 4 is 11.9 Å². The van der Waals surface area contributed by atoms with Crippen molar-refractivity contribution in [2.24, 2.45) is 11.8 Å². The van der Waals surface area contributed by atoms with Gasteiger partial charge >= 0.3 is 5.97 Å². The minimum absolute atomic E-state index is 0.0668. The second kappa shape index (κ2) is 6.96. The van der Waals surface area contributed by atoms with Crippen LogP contribution in [0.15, 0.2) is 35.5 Å². The predicted molar refractivity (Wildman–Crippen MR) is 93.8 cm³/mol. The van der Waals surface area contributed by atoms with Gasteiger partial charge < -0.3 is 9.47 Å². The molecule has 0 aromatic heterocycles. The van der Waals surface area contributed by atoms with Gasteiger partial charge in [-0.05, 0) is 50.7 Å². The van der Waals surface area contributed by atoms with Crippen LogP contribution in [0.5, 0.6) is 0 Å². The molecule has 2 bridgehead atoms. The zero-order valence-corrected chi connectivity index (χ0v) is 14.6. The molecule has 1 N–H and O–H groups in total. The van der Waals surface area contributed by atoms with E-state index < -0.39 is 0 Å². The van der Waals surface area contributed by atoms with Crippen LogP contribution in [0.2, 0.25) is 0 Å². The van der Waals surface area contributed by atoms with E-state index in [1.165, 1.54) is 0 Å². The fourth-order valence-corrected chi connectivity index (χ4v) is 3.89. The van der Waals surface area contributed by atoms with Gasteiger partial charge in [0.2, 0.25) is 5.90 Å². The number of hydrogen-bond donors (Lipinski definition) is 1. The van der Waals surface area contributed by atoms with Gasteiger partial charge in [0.15, 0.2) is 0 Å². The molecule has 3 aliphatic rings. The van der Waals surface area contributed by atoms with Crippen molar-refractivity contribution in [2.45, 2.75) is 64.6 Å². The molecule has 2 aliphatic heterocycles. The number of ether oxygens (including phenoxy) is 2. The third-order valence-corrected chi connectivity index (χ3v) is 5.38. The Bertz CT molecular complexity index is 616. The standard InChI is InChI=1S/C20H27NO3/c1-12-5-4-6-15-11-16(23-19(15)21)9-13(2)10-18-17(8-7-12)14(3)20(22)24-18/h10-12,16-18,21H,3-9H2,1-2H3/b13-10+,21-19?/t12?,16-,17-,18+/m1/s1. The summed E-state index contributed by atoms with van der Waals surface area (Å²) in [5.41, 5.74) is 2.79. The molecule has 0 aromatic carbocycles. The minimum Gasteiger partial charge on any atom is -0.470 e. The summed E-state index contributed by atoms with van der Waals surface area (Å²) in [6.45, 7) is 8.25. The molecule has 1 fully saturated rings. The summed E-state index contributed by atoms with van der Waals surface area (Å²) in [5, 5.41) is 8.01. The molecule has 3 rings (SSSR count). The summed E-state index contributed by atoms with van der Waals surface area (Å²) in [5.74, 6) is 0.753. The van der Waals surface area contributed by atoms with Crippen LogP contribution in [0.3, 0.4) is 0 Å². The molecule has 1 saturated heterocycles. The highest BCUT2D eigenvalue weighted by Gasteiger charge is 2.37. The van der Waals surface area contributed by atoms with E-state index in [9.17, 15) is 4.79 Å². The van der Waals surface area contributed by atoms with Gasteiger partial charge in [0.1, 0.15) is 12.2 Å². The molecule has 4 nitrogen and oxygen atoms in total. The Morgan fingerprint density at radius 2 is 2.00 bits per heavy atom. The maximum absolute atomic E-state index is 11.9. The maximum atomic E-state index is 11.9. The molecular formula is C20H27NO3. The van der Waals surface area contributed by atoms with E-state index in [1.807, 2.05) is 6.92 Å². The molecule has 1 aliphatic carbocycles. The van der Waals surface area contributed by atoms with Crippen molar-refractivity contribution in [3.63, 3.8) is 0 Å². The molecule has 0 aromatic rings. The molecular weight excluding hydrogens is 302 g/mol. The lowest BCUT2D eigenvalue weighted by Gasteiger charge is -2.19. The lowest BCUT2D eigenvalue weighted by Crippen LogP contribution is -2.16. The topological polar surface area (TPSA) is 59.4 Å². The van der Waals surface area contributed by atoms with E-state index in [4.69, 9.17) is 14.9 Å². The number of carbonyl (C=O) groups is 1. The monoisotopic (exact) mass is 329 g/mol. The van der Waals surface area contributed by atoms with E-state index in [2.05, 4.69) is 25.7 Å². The van der Waals surface area contributed by atoms with E-state index in [1.54, 1.807) is 0 Å². The average Bonchev–Trinajstić information content (AvgIpc) is 2.97. The van der Waals surface area contributed by atoms with E-state index in [0.717, 1.165) is 49.7 Å². The Morgan fingerprint density at radius 1 is 1.21 bits per heavy atom. The highest BCUT2D eigenvalue weighted by molar-refractivity contribution is 5.93. The molecule has 130 valence electrons. The molecule has 0 spiro atoms. The number of fused-ring (bicyclic) bond motifs is 2. The Hall–Kier alpha value is -1.84. The lowest BCUT2D eigenvalue weighted by atomic mass is 9.86. The zero-order chi connectivity index (χ0) is 17.3. The van der Waals surface area contributed by atoms with Gasteiger partial charge in [0.05, 0.1) is 0 Å². The molecule has 4 heteroatoms. The number of hydrogen-bond acceptors (Lipinski definition) is 4. The SMILES string of the molecule is C=C1C(=O)O[C@H]2/C=C(\C)C[C@@H]3C=C(CCCC(C)CC[C@H]12)C(=N)O3. The highest BCUT2D eigenvalue weighted by atomic mass is 16.6. The van der Waals surface area contributed by atoms with Crippen LogP contribution in [0, 0.1) is 17.2 Å². The van der Waals surface area contributed by atoms with Crippen LogP contribution in [0.1, 0.15) is 52.4 Å². The molecule has 2 heterocycles. The van der Waals surface area contributed by atoms with Crippen molar-refractivity contribution in [3.8, 4) is 0 Å². The van der Waals surface area contributed by atoms with Gasteiger partial charge in [-0.25, -0.2) is 4.79 Å². The zero-order valence-electron chi connectivity index (χ0n) is 14.6. The van der Waals surface area contributed by atoms with Gasteiger partial charge in [-0.1, -0.05) is 25.5 Å². The maximum Gasteiger partial charge on any atom is 0.334 e. The summed E-state index contributed by atoms with van der Waals surface area (Å²) >= 11 is 0. The van der Waals surface area contributed by atoms with Gasteiger partial charge in [-0.3, -0.25) is 5.41 Å². The first-order chi connectivity index (χ1) is 11.4. The first-order valence-electron chi connectivity index (χ1n) is 8.97. The summed E-state index contributed by atoms with van der Waals surface area (Å²) in [6.07, 6.45) is 9.74. The third kappa shape index (κ3) is 3.63. The number of carbonyl (C=O) groups excluding carboxylic acids is 1. The van der Waals surface area contributed by atoms with Gasteiger partial charge in [-0.15, -0.1) is 0 Å². The van der Waals surface area contributed by atoms with Crippen molar-refractivity contribution in [2.75, 3.05) is 0 Å². The van der Waals surface area contributed by atoms with Crippen LogP contribution in [-0.2, 0) is 14.3 Å². The second-order valence-electron chi connectivity index (χ2n) is 7.47. The van der Waals surface area contributed by atoms with Crippen LogP contribution in [0.4, 0.5) is 0 Å². The predicted octanol–water partition coefficient (Wildman–Crippen LogP) is 4.32. The fourth-order valence-electron chi connectivity index (χ4n) is 3.89. The first-order valence-corrected chi connectivity index (χ1v) is 8.97. The highest BCUT2D eigenvalue weighted by Crippen LogP contribution is 2.35. The smallest absolute Gasteiger partial charge is 0.334 e. The lowest BCUT2D eigenvalue weighted by molar-refractivity contribution is -0.137. The van der Waals surface area contributed by atoms with Gasteiger partial charge in [0.25, 0.3) is 0 Å². The minimum atomic E-state index is -0.257. The van der Waals surface area contributed by atoms with Crippen LogP contribution in [0.25, 0.3) is 0 Å². The van der Waals surface area contributed by atoms with E-state index in [0.29, 0.717) is 17.4 Å². The largest absolute Gasteiger partial charge is 0.470 e. The summed E-state index contributed by atoms with van der Waals surface area (Å²) < 4.78 is 11.2. The van der Waals surface area contributed by atoms with Crippen molar-refractivity contribution < 1.29 is 14.3 Å². The second-order valence-corrected chi connectivity index (χ2v) is 7.47. The average molecular weight is 329 g/mol. The Balaban J connectivity index is 1.82. The van der Waals surface area contributed by atoms with Crippen LogP contribution >= 0.6 is 0 Å². The van der Waals surface area contributed by atoms with Gasteiger partial charge in [-0.2, -0.15) is 0 Å². The first kappa shape index (κ1) is 17.0. The molecule has 4 atom stereocenters. The summed E-state index contributed by atoms with van der Waals surface area (Å²) in [4.78, 5) is 11.9. The number of rotatable bonds is 0. The Morgan fingerprint density at radius 3 is 2.79 bits per heavy atom. The van der Waals surface area contributed by atoms with E-state index in [-0.39, 0.29) is 24.1 Å².